The van der Waals surface area contributed by atoms with Crippen LogP contribution in [0.5, 0.6) is 0 Å². The molecule has 0 radical (unpaired) electrons. The Morgan fingerprint density at radius 1 is 1.55 bits per heavy atom. The van der Waals surface area contributed by atoms with E-state index in [0.717, 1.165) is 12.8 Å². The zero-order valence-corrected chi connectivity index (χ0v) is 12.3. The third kappa shape index (κ3) is 3.98. The second-order valence-electron chi connectivity index (χ2n) is 4.93. The highest BCUT2D eigenvalue weighted by atomic mass is 32.2. The molecule has 0 bridgehead atoms. The number of aryl methyl sites for hydroxylation is 1. The van der Waals surface area contributed by atoms with E-state index in [1.807, 2.05) is 0 Å². The van der Waals surface area contributed by atoms with Gasteiger partial charge in [-0.25, -0.2) is 4.72 Å². The first kappa shape index (κ1) is 15.4. The van der Waals surface area contributed by atoms with Gasteiger partial charge in [0.05, 0.1) is 0 Å². The SMILES string of the molecule is Cc1noc(CCNS(=O)(=O)N2CCCC(CO)C2)n1. The van der Waals surface area contributed by atoms with Gasteiger partial charge in [0.1, 0.15) is 0 Å². The molecule has 0 aliphatic carbocycles. The summed E-state index contributed by atoms with van der Waals surface area (Å²) in [5, 5.41) is 12.8. The molecular weight excluding hydrogens is 284 g/mol. The molecule has 0 amide bonds. The third-order valence-electron chi connectivity index (χ3n) is 3.27. The van der Waals surface area contributed by atoms with E-state index in [1.165, 1.54) is 4.31 Å². The van der Waals surface area contributed by atoms with E-state index in [0.29, 0.717) is 31.2 Å². The van der Waals surface area contributed by atoms with Crippen LogP contribution in [0, 0.1) is 12.8 Å². The first-order valence-electron chi connectivity index (χ1n) is 6.66. The van der Waals surface area contributed by atoms with E-state index in [4.69, 9.17) is 9.63 Å². The van der Waals surface area contributed by atoms with Gasteiger partial charge in [0.25, 0.3) is 10.2 Å². The van der Waals surface area contributed by atoms with Crippen LogP contribution in [-0.4, -0.2) is 54.2 Å². The fraction of sp³-hybridized carbons (Fsp3) is 0.818. The average Bonchev–Trinajstić information content (AvgIpc) is 2.84. The lowest BCUT2D eigenvalue weighted by Crippen LogP contribution is -2.47. The van der Waals surface area contributed by atoms with Gasteiger partial charge in [0.2, 0.25) is 5.89 Å². The normalized spacial score (nSPS) is 21.2. The molecule has 1 aromatic rings. The topological polar surface area (TPSA) is 109 Å². The first-order chi connectivity index (χ1) is 9.51. The molecule has 20 heavy (non-hydrogen) atoms. The largest absolute Gasteiger partial charge is 0.396 e. The number of hydrogen-bond donors (Lipinski definition) is 2. The highest BCUT2D eigenvalue weighted by molar-refractivity contribution is 7.87. The zero-order valence-electron chi connectivity index (χ0n) is 11.4. The highest BCUT2D eigenvalue weighted by Gasteiger charge is 2.28. The van der Waals surface area contributed by atoms with Crippen molar-refractivity contribution in [3.05, 3.63) is 11.7 Å². The Kier molecular flexibility index (Phi) is 5.08. The lowest BCUT2D eigenvalue weighted by atomic mass is 10.0. The highest BCUT2D eigenvalue weighted by Crippen LogP contribution is 2.17. The van der Waals surface area contributed by atoms with Crippen molar-refractivity contribution in [2.75, 3.05) is 26.2 Å². The summed E-state index contributed by atoms with van der Waals surface area (Å²) in [6.07, 6.45) is 2.00. The maximum Gasteiger partial charge on any atom is 0.279 e. The van der Waals surface area contributed by atoms with Crippen LogP contribution in [0.15, 0.2) is 4.52 Å². The Morgan fingerprint density at radius 2 is 2.35 bits per heavy atom. The number of nitrogens with zero attached hydrogens (tertiary/aromatic N) is 3. The van der Waals surface area contributed by atoms with Gasteiger partial charge in [-0.2, -0.15) is 17.7 Å². The Hall–Kier alpha value is -1.03. The number of piperidine rings is 1. The lowest BCUT2D eigenvalue weighted by Gasteiger charge is -2.30. The van der Waals surface area contributed by atoms with Crippen LogP contribution in [0.4, 0.5) is 0 Å². The summed E-state index contributed by atoms with van der Waals surface area (Å²) in [4.78, 5) is 4.01. The van der Waals surface area contributed by atoms with Crippen LogP contribution in [0.1, 0.15) is 24.6 Å². The Bertz CT molecular complexity index is 530. The van der Waals surface area contributed by atoms with Gasteiger partial charge in [-0.15, -0.1) is 0 Å². The number of aromatic nitrogens is 2. The van der Waals surface area contributed by atoms with Gasteiger partial charge in [-0.3, -0.25) is 0 Å². The molecule has 1 aliphatic rings. The van der Waals surface area contributed by atoms with Crippen molar-refractivity contribution < 1.29 is 18.0 Å². The molecule has 114 valence electrons. The summed E-state index contributed by atoms with van der Waals surface area (Å²) in [5.41, 5.74) is 0. The monoisotopic (exact) mass is 304 g/mol. The average molecular weight is 304 g/mol. The Labute approximate surface area is 118 Å². The molecule has 2 rings (SSSR count). The summed E-state index contributed by atoms with van der Waals surface area (Å²) in [6, 6.07) is 0. The molecule has 2 heterocycles. The summed E-state index contributed by atoms with van der Waals surface area (Å²) >= 11 is 0. The van der Waals surface area contributed by atoms with Crippen LogP contribution in [0.25, 0.3) is 0 Å². The molecule has 1 aliphatic heterocycles. The molecule has 1 aromatic heterocycles. The van der Waals surface area contributed by atoms with E-state index in [1.54, 1.807) is 6.92 Å². The fourth-order valence-corrected chi connectivity index (χ4v) is 3.53. The number of nitrogens with one attached hydrogen (secondary N) is 1. The number of rotatable bonds is 6. The minimum atomic E-state index is -3.51. The van der Waals surface area contributed by atoms with E-state index in [-0.39, 0.29) is 19.1 Å². The van der Waals surface area contributed by atoms with Gasteiger partial charge in [-0.1, -0.05) is 5.16 Å². The first-order valence-corrected chi connectivity index (χ1v) is 8.10. The van der Waals surface area contributed by atoms with Crippen LogP contribution in [0.3, 0.4) is 0 Å². The maximum absolute atomic E-state index is 12.1. The van der Waals surface area contributed by atoms with Crippen LogP contribution in [-0.2, 0) is 16.6 Å². The lowest BCUT2D eigenvalue weighted by molar-refractivity contribution is 0.165. The predicted octanol–water partition coefficient (Wildman–Crippen LogP) is -0.541. The van der Waals surface area contributed by atoms with Crippen molar-refractivity contribution >= 4 is 10.2 Å². The predicted molar refractivity (Wildman–Crippen MR) is 71.0 cm³/mol. The van der Waals surface area contributed by atoms with E-state index < -0.39 is 10.2 Å². The Morgan fingerprint density at radius 3 is 3.00 bits per heavy atom. The Balaban J connectivity index is 1.84. The van der Waals surface area contributed by atoms with Crippen molar-refractivity contribution in [3.8, 4) is 0 Å². The summed E-state index contributed by atoms with van der Waals surface area (Å²) in [7, 11) is -3.51. The molecule has 9 heteroatoms. The molecular formula is C11H20N4O4S. The van der Waals surface area contributed by atoms with Gasteiger partial charge in [0.15, 0.2) is 5.82 Å². The second-order valence-corrected chi connectivity index (χ2v) is 6.69. The summed E-state index contributed by atoms with van der Waals surface area (Å²) < 4.78 is 33.0. The number of aliphatic hydroxyl groups excluding tert-OH is 1. The van der Waals surface area contributed by atoms with Gasteiger partial charge in [-0.05, 0) is 25.7 Å². The fourth-order valence-electron chi connectivity index (χ4n) is 2.21. The van der Waals surface area contributed by atoms with Crippen LogP contribution >= 0.6 is 0 Å². The van der Waals surface area contributed by atoms with Crippen molar-refractivity contribution in [2.45, 2.75) is 26.2 Å². The smallest absolute Gasteiger partial charge is 0.279 e. The minimum Gasteiger partial charge on any atom is -0.396 e. The molecule has 2 N–H and O–H groups in total. The molecule has 1 unspecified atom stereocenters. The van der Waals surface area contributed by atoms with E-state index in [9.17, 15) is 8.42 Å². The van der Waals surface area contributed by atoms with E-state index >= 15 is 0 Å². The van der Waals surface area contributed by atoms with Crippen LogP contribution < -0.4 is 4.72 Å². The van der Waals surface area contributed by atoms with Gasteiger partial charge < -0.3 is 9.63 Å². The zero-order chi connectivity index (χ0) is 14.6. The van der Waals surface area contributed by atoms with Crippen molar-refractivity contribution in [1.29, 1.82) is 0 Å². The molecule has 8 nitrogen and oxygen atoms in total. The van der Waals surface area contributed by atoms with E-state index in [2.05, 4.69) is 14.9 Å². The summed E-state index contributed by atoms with van der Waals surface area (Å²) in [5.74, 6) is 0.973. The molecule has 1 atom stereocenters. The molecule has 0 aromatic carbocycles. The molecule has 0 saturated carbocycles. The van der Waals surface area contributed by atoms with Crippen molar-refractivity contribution in [3.63, 3.8) is 0 Å². The number of hydrogen-bond acceptors (Lipinski definition) is 6. The van der Waals surface area contributed by atoms with Gasteiger partial charge >= 0.3 is 0 Å². The molecule has 0 spiro atoms. The standard InChI is InChI=1S/C11H20N4O4S/c1-9-13-11(19-14-9)4-5-12-20(17,18)15-6-2-3-10(7-15)8-16/h10,12,16H,2-8H2,1H3. The van der Waals surface area contributed by atoms with Gasteiger partial charge in [0, 0.05) is 32.7 Å². The molecule has 1 saturated heterocycles. The maximum atomic E-state index is 12.1. The number of aliphatic hydroxyl groups is 1. The van der Waals surface area contributed by atoms with Crippen molar-refractivity contribution in [2.24, 2.45) is 5.92 Å². The minimum absolute atomic E-state index is 0.0211. The quantitative estimate of drug-likeness (QED) is 0.730. The summed E-state index contributed by atoms with van der Waals surface area (Å²) in [6.45, 7) is 2.80. The third-order valence-corrected chi connectivity index (χ3v) is 4.85. The van der Waals surface area contributed by atoms with Crippen molar-refractivity contribution in [1.82, 2.24) is 19.2 Å². The molecule has 1 fully saturated rings. The van der Waals surface area contributed by atoms with Crippen LogP contribution in [0.2, 0.25) is 0 Å². The second kappa shape index (κ2) is 6.61.